The zero-order valence-electron chi connectivity index (χ0n) is 26.6. The zero-order valence-corrected chi connectivity index (χ0v) is 26.6. The molecule has 2 amide bonds. The van der Waals surface area contributed by atoms with Crippen LogP contribution < -0.4 is 10.1 Å². The molecule has 48 heavy (non-hydrogen) atoms. The summed E-state index contributed by atoms with van der Waals surface area (Å²) >= 11 is 0. The standard InChI is InChI=1S/C36H38F4N4O4/c1-24-2-4-25(5-3-24)23-43-16-18-44(19-17-43)34(46)27-8-11-31-28(20-27)21-32(47-31)33(45)41-29-12-14-42(15-13-29)22-26-6-9-30(10-7-26)48-36(39,40)35(37)38/h2-11,20-21,29,35H,12-19,22-23H2,1H3,(H,41,45). The molecule has 0 aliphatic carbocycles. The Kier molecular flexibility index (Phi) is 10.0. The van der Waals surface area contributed by atoms with E-state index in [0.29, 0.717) is 62.1 Å². The minimum atomic E-state index is -4.54. The molecular weight excluding hydrogens is 628 g/mol. The number of furan rings is 1. The maximum Gasteiger partial charge on any atom is 0.461 e. The number of ether oxygens (including phenoxy) is 1. The Balaban J connectivity index is 0.965. The number of aryl methyl sites for hydroxylation is 1. The first-order valence-electron chi connectivity index (χ1n) is 16.1. The Hall–Kier alpha value is -4.42. The highest BCUT2D eigenvalue weighted by molar-refractivity contribution is 6.00. The van der Waals surface area contributed by atoms with E-state index in [1.54, 1.807) is 36.4 Å². The van der Waals surface area contributed by atoms with Crippen LogP contribution in [-0.2, 0) is 13.1 Å². The van der Waals surface area contributed by atoms with Gasteiger partial charge in [0.05, 0.1) is 0 Å². The monoisotopic (exact) mass is 666 g/mol. The SMILES string of the molecule is Cc1ccc(CN2CCN(C(=O)c3ccc4oc(C(=O)NC5CCN(Cc6ccc(OC(F)(F)C(F)F)cc6)CC5)cc4c3)CC2)cc1. The summed E-state index contributed by atoms with van der Waals surface area (Å²) in [5.41, 5.74) is 4.41. The molecule has 2 saturated heterocycles. The lowest BCUT2D eigenvalue weighted by molar-refractivity contribution is -0.253. The third kappa shape index (κ3) is 8.16. The fraction of sp³-hybridized carbons (Fsp3) is 0.389. The molecular formula is C36H38F4N4O4. The summed E-state index contributed by atoms with van der Waals surface area (Å²) in [6.45, 7) is 7.75. The first-order chi connectivity index (χ1) is 23.0. The highest BCUT2D eigenvalue weighted by Crippen LogP contribution is 2.28. The van der Waals surface area contributed by atoms with Crippen LogP contribution in [0.5, 0.6) is 5.75 Å². The predicted octanol–water partition coefficient (Wildman–Crippen LogP) is 6.33. The smallest absolute Gasteiger partial charge is 0.451 e. The van der Waals surface area contributed by atoms with Gasteiger partial charge >= 0.3 is 12.5 Å². The molecule has 2 fully saturated rings. The second-order valence-electron chi connectivity index (χ2n) is 12.5. The van der Waals surface area contributed by atoms with Crippen molar-refractivity contribution < 1.29 is 36.3 Å². The number of piperazine rings is 1. The van der Waals surface area contributed by atoms with Gasteiger partial charge in [-0.15, -0.1) is 0 Å². The van der Waals surface area contributed by atoms with Crippen molar-refractivity contribution in [3.05, 3.63) is 101 Å². The highest BCUT2D eigenvalue weighted by atomic mass is 19.3. The van der Waals surface area contributed by atoms with Crippen LogP contribution in [0.1, 0.15) is 50.4 Å². The summed E-state index contributed by atoms with van der Waals surface area (Å²) in [7, 11) is 0. The van der Waals surface area contributed by atoms with Crippen molar-refractivity contribution in [1.29, 1.82) is 0 Å². The van der Waals surface area contributed by atoms with Crippen molar-refractivity contribution in [3.8, 4) is 5.75 Å². The van der Waals surface area contributed by atoms with Gasteiger partial charge in [0.2, 0.25) is 0 Å². The quantitative estimate of drug-likeness (QED) is 0.200. The van der Waals surface area contributed by atoms with E-state index in [1.807, 2.05) is 4.90 Å². The van der Waals surface area contributed by atoms with Gasteiger partial charge in [-0.25, -0.2) is 0 Å². The van der Waals surface area contributed by atoms with Crippen molar-refractivity contribution in [2.75, 3.05) is 39.3 Å². The third-order valence-corrected chi connectivity index (χ3v) is 8.93. The van der Waals surface area contributed by atoms with Crippen molar-refractivity contribution in [3.63, 3.8) is 0 Å². The number of rotatable bonds is 10. The zero-order chi connectivity index (χ0) is 33.8. The molecule has 1 N–H and O–H groups in total. The minimum absolute atomic E-state index is 0.0385. The summed E-state index contributed by atoms with van der Waals surface area (Å²) in [5, 5.41) is 3.73. The van der Waals surface area contributed by atoms with Gasteiger partial charge in [-0.3, -0.25) is 19.4 Å². The molecule has 0 radical (unpaired) electrons. The van der Waals surface area contributed by atoms with Crippen LogP contribution in [0.4, 0.5) is 17.6 Å². The van der Waals surface area contributed by atoms with Crippen molar-refractivity contribution >= 4 is 22.8 Å². The lowest BCUT2D eigenvalue weighted by Gasteiger charge is -2.34. The molecule has 0 saturated carbocycles. The summed E-state index contributed by atoms with van der Waals surface area (Å²) in [6.07, 6.45) is -7.06. The fourth-order valence-electron chi connectivity index (χ4n) is 6.15. The van der Waals surface area contributed by atoms with Gasteiger partial charge in [0.25, 0.3) is 11.8 Å². The lowest BCUT2D eigenvalue weighted by Crippen LogP contribution is -2.48. The molecule has 2 aliphatic rings. The van der Waals surface area contributed by atoms with Crippen molar-refractivity contribution in [2.45, 2.75) is 51.4 Å². The van der Waals surface area contributed by atoms with Crippen LogP contribution in [-0.4, -0.2) is 84.4 Å². The molecule has 12 heteroatoms. The van der Waals surface area contributed by atoms with E-state index in [0.717, 1.165) is 25.2 Å². The van der Waals surface area contributed by atoms with Crippen LogP contribution in [0.2, 0.25) is 0 Å². The van der Waals surface area contributed by atoms with E-state index in [9.17, 15) is 27.2 Å². The molecule has 2 aliphatic heterocycles. The van der Waals surface area contributed by atoms with Gasteiger partial charge in [-0.2, -0.15) is 17.6 Å². The molecule has 8 nitrogen and oxygen atoms in total. The number of carbonyl (C=O) groups excluding carboxylic acids is 2. The number of hydrogen-bond donors (Lipinski definition) is 1. The van der Waals surface area contributed by atoms with Gasteiger partial charge in [-0.05, 0) is 67.3 Å². The number of nitrogens with one attached hydrogen (secondary N) is 1. The van der Waals surface area contributed by atoms with Crippen molar-refractivity contribution in [1.82, 2.24) is 20.0 Å². The van der Waals surface area contributed by atoms with Crippen LogP contribution in [0.25, 0.3) is 11.0 Å². The Morgan fingerprint density at radius 2 is 1.46 bits per heavy atom. The molecule has 0 bridgehead atoms. The number of fused-ring (bicyclic) bond motifs is 1. The second kappa shape index (κ2) is 14.4. The van der Waals surface area contributed by atoms with Crippen LogP contribution in [0.15, 0.2) is 77.2 Å². The molecule has 254 valence electrons. The summed E-state index contributed by atoms with van der Waals surface area (Å²) in [6, 6.07) is 21.0. The average Bonchev–Trinajstić information content (AvgIpc) is 3.51. The topological polar surface area (TPSA) is 78.3 Å². The number of alkyl halides is 4. The molecule has 0 unspecified atom stereocenters. The largest absolute Gasteiger partial charge is 0.461 e. The lowest BCUT2D eigenvalue weighted by atomic mass is 10.0. The molecule has 3 aromatic carbocycles. The van der Waals surface area contributed by atoms with Gasteiger partial charge in [0.1, 0.15) is 11.3 Å². The van der Waals surface area contributed by atoms with Gasteiger partial charge in [-0.1, -0.05) is 42.0 Å². The van der Waals surface area contributed by atoms with Crippen LogP contribution in [0, 0.1) is 6.92 Å². The Morgan fingerprint density at radius 3 is 2.08 bits per heavy atom. The Morgan fingerprint density at radius 1 is 0.854 bits per heavy atom. The fourth-order valence-corrected chi connectivity index (χ4v) is 6.15. The Labute approximate surface area is 276 Å². The number of halogens is 4. The molecule has 4 aromatic rings. The third-order valence-electron chi connectivity index (χ3n) is 8.93. The highest BCUT2D eigenvalue weighted by Gasteiger charge is 2.44. The van der Waals surface area contributed by atoms with Gasteiger partial charge in [0.15, 0.2) is 5.76 Å². The molecule has 6 rings (SSSR count). The molecule has 3 heterocycles. The minimum Gasteiger partial charge on any atom is -0.451 e. The van der Waals surface area contributed by atoms with E-state index in [2.05, 4.69) is 51.0 Å². The van der Waals surface area contributed by atoms with Crippen molar-refractivity contribution in [2.24, 2.45) is 0 Å². The molecule has 0 atom stereocenters. The van der Waals surface area contributed by atoms with Gasteiger partial charge < -0.3 is 19.4 Å². The normalized spacial score (nSPS) is 16.8. The maximum absolute atomic E-state index is 13.3. The van der Waals surface area contributed by atoms with E-state index in [4.69, 9.17) is 4.42 Å². The molecule has 0 spiro atoms. The van der Waals surface area contributed by atoms with Crippen LogP contribution in [0.3, 0.4) is 0 Å². The number of carbonyl (C=O) groups is 2. The number of hydrogen-bond acceptors (Lipinski definition) is 6. The second-order valence-corrected chi connectivity index (χ2v) is 12.5. The van der Waals surface area contributed by atoms with E-state index >= 15 is 0 Å². The van der Waals surface area contributed by atoms with E-state index in [1.165, 1.54) is 23.3 Å². The number of nitrogens with zero attached hydrogens (tertiary/aromatic N) is 3. The van der Waals surface area contributed by atoms with E-state index < -0.39 is 12.5 Å². The number of benzene rings is 3. The number of likely N-dealkylation sites (tertiary alicyclic amines) is 1. The van der Waals surface area contributed by atoms with E-state index in [-0.39, 0.29) is 29.4 Å². The molecule has 1 aromatic heterocycles. The Bertz CT molecular complexity index is 1710. The number of piperidine rings is 1. The van der Waals surface area contributed by atoms with Crippen LogP contribution >= 0.6 is 0 Å². The number of amides is 2. The first kappa shape index (κ1) is 33.5. The summed E-state index contributed by atoms with van der Waals surface area (Å²) in [4.78, 5) is 32.8. The predicted molar refractivity (Wildman–Crippen MR) is 172 cm³/mol. The maximum atomic E-state index is 13.3. The average molecular weight is 667 g/mol. The van der Waals surface area contributed by atoms with Gasteiger partial charge in [0, 0.05) is 69.3 Å². The first-order valence-corrected chi connectivity index (χ1v) is 16.1. The summed E-state index contributed by atoms with van der Waals surface area (Å²) in [5.74, 6) is -0.509. The summed E-state index contributed by atoms with van der Waals surface area (Å²) < 4.78 is 61.0.